The lowest BCUT2D eigenvalue weighted by Gasteiger charge is -2.25. The number of aromatic hydroxyl groups is 1. The Labute approximate surface area is 124 Å². The van der Waals surface area contributed by atoms with Gasteiger partial charge in [-0.2, -0.15) is 0 Å². The van der Waals surface area contributed by atoms with E-state index < -0.39 is 11.7 Å². The van der Waals surface area contributed by atoms with Crippen molar-refractivity contribution in [3.05, 3.63) is 42.0 Å². The van der Waals surface area contributed by atoms with Crippen molar-refractivity contribution in [2.75, 3.05) is 7.05 Å². The highest BCUT2D eigenvalue weighted by Crippen LogP contribution is 2.28. The van der Waals surface area contributed by atoms with Crippen LogP contribution in [0.25, 0.3) is 10.8 Å². The highest BCUT2D eigenvalue weighted by atomic mass is 16.6. The normalized spacial score (nSPS) is 11.4. The van der Waals surface area contributed by atoms with Gasteiger partial charge in [-0.3, -0.25) is 0 Å². The molecule has 0 saturated heterocycles. The first-order valence-electron chi connectivity index (χ1n) is 6.91. The van der Waals surface area contributed by atoms with Crippen molar-refractivity contribution in [3.8, 4) is 5.75 Å². The van der Waals surface area contributed by atoms with Gasteiger partial charge >= 0.3 is 6.09 Å². The van der Waals surface area contributed by atoms with E-state index in [0.29, 0.717) is 6.54 Å². The Morgan fingerprint density at radius 2 is 1.86 bits per heavy atom. The average molecular weight is 287 g/mol. The summed E-state index contributed by atoms with van der Waals surface area (Å²) >= 11 is 0. The number of amides is 1. The molecule has 0 fully saturated rings. The molecule has 0 heterocycles. The van der Waals surface area contributed by atoms with Gasteiger partial charge in [0, 0.05) is 12.6 Å². The van der Waals surface area contributed by atoms with Crippen LogP contribution in [0, 0.1) is 0 Å². The molecular weight excluding hydrogens is 266 g/mol. The Kier molecular flexibility index (Phi) is 4.07. The molecule has 1 amide bonds. The summed E-state index contributed by atoms with van der Waals surface area (Å²) in [5, 5.41) is 12.1. The molecule has 0 radical (unpaired) electrons. The summed E-state index contributed by atoms with van der Waals surface area (Å²) in [4.78, 5) is 13.5. The number of phenolic OH excluding ortho intramolecular Hbond substituents is 1. The second kappa shape index (κ2) is 5.64. The number of nitrogens with zero attached hydrogens (tertiary/aromatic N) is 1. The van der Waals surface area contributed by atoms with Crippen LogP contribution in [0.4, 0.5) is 4.79 Å². The predicted octanol–water partition coefficient (Wildman–Crippen LogP) is 3.91. The Hall–Kier alpha value is -2.23. The van der Waals surface area contributed by atoms with Crippen LogP contribution >= 0.6 is 0 Å². The van der Waals surface area contributed by atoms with E-state index in [0.717, 1.165) is 16.3 Å². The molecule has 0 aliphatic carbocycles. The number of benzene rings is 2. The van der Waals surface area contributed by atoms with Gasteiger partial charge in [-0.1, -0.05) is 30.3 Å². The van der Waals surface area contributed by atoms with Gasteiger partial charge in [0.15, 0.2) is 0 Å². The highest BCUT2D eigenvalue weighted by Gasteiger charge is 2.21. The third-order valence-electron chi connectivity index (χ3n) is 3.12. The van der Waals surface area contributed by atoms with E-state index >= 15 is 0 Å². The zero-order valence-corrected chi connectivity index (χ0v) is 12.9. The van der Waals surface area contributed by atoms with Crippen molar-refractivity contribution >= 4 is 16.9 Å². The zero-order valence-electron chi connectivity index (χ0n) is 12.9. The molecule has 0 unspecified atom stereocenters. The smallest absolute Gasteiger partial charge is 0.410 e. The molecule has 0 saturated carbocycles. The minimum atomic E-state index is -0.536. The lowest BCUT2D eigenvalue weighted by molar-refractivity contribution is 0.0285. The fraction of sp³-hybridized carbons (Fsp3) is 0.353. The fourth-order valence-electron chi connectivity index (χ4n) is 2.13. The van der Waals surface area contributed by atoms with Gasteiger partial charge in [0.2, 0.25) is 0 Å². The van der Waals surface area contributed by atoms with Crippen LogP contribution in [0.5, 0.6) is 5.75 Å². The number of phenols is 1. The van der Waals surface area contributed by atoms with Crippen LogP contribution in [0.2, 0.25) is 0 Å². The Bertz CT molecular complexity index is 659. The predicted molar refractivity (Wildman–Crippen MR) is 83.3 cm³/mol. The molecule has 0 bridgehead atoms. The fourth-order valence-corrected chi connectivity index (χ4v) is 2.13. The summed E-state index contributed by atoms with van der Waals surface area (Å²) in [5.41, 5.74) is 0.188. The molecule has 4 heteroatoms. The minimum absolute atomic E-state index is 0.184. The van der Waals surface area contributed by atoms with E-state index in [9.17, 15) is 9.90 Å². The van der Waals surface area contributed by atoms with Crippen LogP contribution in [-0.4, -0.2) is 28.7 Å². The number of rotatable bonds is 2. The van der Waals surface area contributed by atoms with E-state index in [1.807, 2.05) is 51.1 Å². The molecule has 4 nitrogen and oxygen atoms in total. The summed E-state index contributed by atoms with van der Waals surface area (Å²) in [6, 6.07) is 11.3. The van der Waals surface area contributed by atoms with E-state index in [1.54, 1.807) is 13.1 Å². The highest BCUT2D eigenvalue weighted by molar-refractivity contribution is 5.88. The summed E-state index contributed by atoms with van der Waals surface area (Å²) in [5.74, 6) is 0.184. The summed E-state index contributed by atoms with van der Waals surface area (Å²) in [6.07, 6.45) is -0.408. The Morgan fingerprint density at radius 1 is 1.19 bits per heavy atom. The van der Waals surface area contributed by atoms with Crippen molar-refractivity contribution in [1.29, 1.82) is 0 Å². The summed E-state index contributed by atoms with van der Waals surface area (Å²) in [6.45, 7) is 5.78. The molecule has 0 aromatic heterocycles. The first-order valence-corrected chi connectivity index (χ1v) is 6.91. The quantitative estimate of drug-likeness (QED) is 0.911. The molecule has 2 aromatic carbocycles. The molecule has 21 heavy (non-hydrogen) atoms. The Balaban J connectivity index is 2.27. The van der Waals surface area contributed by atoms with Gasteiger partial charge in [0.1, 0.15) is 11.4 Å². The number of hydrogen-bond acceptors (Lipinski definition) is 3. The number of hydrogen-bond donors (Lipinski definition) is 1. The van der Waals surface area contributed by atoms with E-state index in [2.05, 4.69) is 0 Å². The molecule has 112 valence electrons. The minimum Gasteiger partial charge on any atom is -0.508 e. The van der Waals surface area contributed by atoms with Crippen LogP contribution in [0.3, 0.4) is 0 Å². The third-order valence-corrected chi connectivity index (χ3v) is 3.12. The number of carbonyl (C=O) groups is 1. The standard InChI is InChI=1S/C17H21NO3/c1-17(2,3)21-16(20)18(4)11-14-13-8-6-5-7-12(13)9-10-15(14)19/h5-10,19H,11H2,1-4H3. The maximum absolute atomic E-state index is 12.0. The van der Waals surface area contributed by atoms with Gasteiger partial charge in [-0.05, 0) is 37.6 Å². The van der Waals surface area contributed by atoms with Crippen LogP contribution in [0.15, 0.2) is 36.4 Å². The van der Waals surface area contributed by atoms with E-state index in [4.69, 9.17) is 4.74 Å². The van der Waals surface area contributed by atoms with Crippen LogP contribution in [0.1, 0.15) is 26.3 Å². The summed E-state index contributed by atoms with van der Waals surface area (Å²) in [7, 11) is 1.66. The lowest BCUT2D eigenvalue weighted by atomic mass is 10.0. The molecule has 0 atom stereocenters. The SMILES string of the molecule is CN(Cc1c(O)ccc2ccccc12)C(=O)OC(C)(C)C. The molecule has 0 aliphatic rings. The van der Waals surface area contributed by atoms with Crippen molar-refractivity contribution < 1.29 is 14.6 Å². The molecule has 2 aromatic rings. The summed E-state index contributed by atoms with van der Waals surface area (Å²) < 4.78 is 5.33. The first kappa shape index (κ1) is 15.2. The molecular formula is C17H21NO3. The second-order valence-corrected chi connectivity index (χ2v) is 6.12. The van der Waals surface area contributed by atoms with Gasteiger partial charge in [-0.15, -0.1) is 0 Å². The van der Waals surface area contributed by atoms with E-state index in [1.165, 1.54) is 4.90 Å². The van der Waals surface area contributed by atoms with Crippen molar-refractivity contribution in [1.82, 2.24) is 4.90 Å². The topological polar surface area (TPSA) is 49.8 Å². The first-order chi connectivity index (χ1) is 9.78. The molecule has 0 aliphatic heterocycles. The van der Waals surface area contributed by atoms with Crippen LogP contribution in [-0.2, 0) is 11.3 Å². The van der Waals surface area contributed by atoms with E-state index in [-0.39, 0.29) is 5.75 Å². The molecule has 0 spiro atoms. The van der Waals surface area contributed by atoms with Crippen LogP contribution < -0.4 is 0 Å². The molecule has 1 N–H and O–H groups in total. The number of fused-ring (bicyclic) bond motifs is 1. The van der Waals surface area contributed by atoms with Crippen molar-refractivity contribution in [3.63, 3.8) is 0 Å². The lowest BCUT2D eigenvalue weighted by Crippen LogP contribution is -2.33. The second-order valence-electron chi connectivity index (χ2n) is 6.12. The van der Waals surface area contributed by atoms with Gasteiger partial charge in [0.05, 0.1) is 6.54 Å². The van der Waals surface area contributed by atoms with Gasteiger partial charge < -0.3 is 14.7 Å². The average Bonchev–Trinajstić information content (AvgIpc) is 2.40. The Morgan fingerprint density at radius 3 is 2.52 bits per heavy atom. The maximum atomic E-state index is 12.0. The number of carbonyl (C=O) groups excluding carboxylic acids is 1. The number of ether oxygens (including phenoxy) is 1. The van der Waals surface area contributed by atoms with Crippen molar-refractivity contribution in [2.24, 2.45) is 0 Å². The van der Waals surface area contributed by atoms with Crippen molar-refractivity contribution in [2.45, 2.75) is 32.9 Å². The van der Waals surface area contributed by atoms with Gasteiger partial charge in [0.25, 0.3) is 0 Å². The monoisotopic (exact) mass is 287 g/mol. The molecule has 2 rings (SSSR count). The zero-order chi connectivity index (χ0) is 15.6. The van der Waals surface area contributed by atoms with Gasteiger partial charge in [-0.25, -0.2) is 4.79 Å². The third kappa shape index (κ3) is 3.66. The maximum Gasteiger partial charge on any atom is 0.410 e. The largest absolute Gasteiger partial charge is 0.508 e.